The number of benzene rings is 1. The van der Waals surface area contributed by atoms with Gasteiger partial charge in [-0.05, 0) is 36.8 Å². The summed E-state index contributed by atoms with van der Waals surface area (Å²) in [7, 11) is 0. The van der Waals surface area contributed by atoms with E-state index in [4.69, 9.17) is 18.0 Å². The van der Waals surface area contributed by atoms with Crippen LogP contribution >= 0.6 is 12.2 Å². The minimum atomic E-state index is 0.648. The van der Waals surface area contributed by atoms with Gasteiger partial charge >= 0.3 is 0 Å². The van der Waals surface area contributed by atoms with Crippen molar-refractivity contribution in [2.24, 2.45) is 5.73 Å². The number of hydrogen-bond donors (Lipinski definition) is 2. The van der Waals surface area contributed by atoms with E-state index in [-0.39, 0.29) is 0 Å². The lowest BCUT2D eigenvalue weighted by atomic mass is 10.1. The van der Waals surface area contributed by atoms with Gasteiger partial charge in [0.1, 0.15) is 0 Å². The van der Waals surface area contributed by atoms with Crippen LogP contribution in [0.5, 0.6) is 0 Å². The molecule has 1 aromatic heterocycles. The average molecular weight is 219 g/mol. The molecule has 78 valence electrons. The Morgan fingerprint density at radius 1 is 1.33 bits per heavy atom. The molecule has 0 aliphatic rings. The van der Waals surface area contributed by atoms with Crippen LogP contribution in [0, 0.1) is 4.77 Å². The molecular weight excluding hydrogens is 206 g/mol. The topological polar surface area (TPSA) is 46.7 Å². The SMILES string of the molecule is NCCc1ccccc1-n1cc[nH]c1=S. The van der Waals surface area contributed by atoms with Gasteiger partial charge < -0.3 is 10.7 Å². The zero-order valence-corrected chi connectivity index (χ0v) is 9.13. The van der Waals surface area contributed by atoms with E-state index in [9.17, 15) is 0 Å². The predicted octanol–water partition coefficient (Wildman–Crippen LogP) is 2.04. The molecular formula is C11H13N3S. The maximum absolute atomic E-state index is 5.58. The Balaban J connectivity index is 2.52. The van der Waals surface area contributed by atoms with Crippen LogP contribution in [0.4, 0.5) is 0 Å². The van der Waals surface area contributed by atoms with Crippen LogP contribution in [0.2, 0.25) is 0 Å². The van der Waals surface area contributed by atoms with Gasteiger partial charge in [-0.25, -0.2) is 0 Å². The monoisotopic (exact) mass is 219 g/mol. The molecule has 3 N–H and O–H groups in total. The van der Waals surface area contributed by atoms with E-state index in [2.05, 4.69) is 17.1 Å². The van der Waals surface area contributed by atoms with Crippen molar-refractivity contribution < 1.29 is 0 Å². The van der Waals surface area contributed by atoms with Crippen molar-refractivity contribution in [3.63, 3.8) is 0 Å². The van der Waals surface area contributed by atoms with E-state index in [0.717, 1.165) is 12.1 Å². The first-order valence-corrected chi connectivity index (χ1v) is 5.28. The summed E-state index contributed by atoms with van der Waals surface area (Å²) < 4.78 is 2.67. The van der Waals surface area contributed by atoms with Crippen molar-refractivity contribution in [2.75, 3.05) is 6.54 Å². The van der Waals surface area contributed by atoms with Gasteiger partial charge in [0.25, 0.3) is 0 Å². The van der Waals surface area contributed by atoms with E-state index in [1.54, 1.807) is 0 Å². The lowest BCUT2D eigenvalue weighted by Gasteiger charge is -2.08. The summed E-state index contributed by atoms with van der Waals surface area (Å²) in [6.45, 7) is 0.648. The first-order valence-electron chi connectivity index (χ1n) is 4.87. The maximum atomic E-state index is 5.58. The largest absolute Gasteiger partial charge is 0.337 e. The zero-order chi connectivity index (χ0) is 10.7. The summed E-state index contributed by atoms with van der Waals surface area (Å²) in [6, 6.07) is 8.15. The lowest BCUT2D eigenvalue weighted by Crippen LogP contribution is -2.06. The van der Waals surface area contributed by atoms with Gasteiger partial charge in [-0.3, -0.25) is 4.57 Å². The van der Waals surface area contributed by atoms with Crippen molar-refractivity contribution in [3.8, 4) is 5.69 Å². The number of H-pyrrole nitrogens is 1. The first-order chi connectivity index (χ1) is 7.33. The van der Waals surface area contributed by atoms with Crippen LogP contribution in [0.1, 0.15) is 5.56 Å². The highest BCUT2D eigenvalue weighted by atomic mass is 32.1. The van der Waals surface area contributed by atoms with Crippen molar-refractivity contribution in [3.05, 3.63) is 47.0 Å². The summed E-state index contributed by atoms with van der Waals surface area (Å²) in [4.78, 5) is 2.98. The Kier molecular flexibility index (Phi) is 2.99. The van der Waals surface area contributed by atoms with Gasteiger partial charge in [0.2, 0.25) is 0 Å². The van der Waals surface area contributed by atoms with Crippen LogP contribution in [0.15, 0.2) is 36.7 Å². The van der Waals surface area contributed by atoms with Gasteiger partial charge in [-0.1, -0.05) is 18.2 Å². The van der Waals surface area contributed by atoms with Crippen LogP contribution in [0.3, 0.4) is 0 Å². The number of hydrogen-bond acceptors (Lipinski definition) is 2. The minimum Gasteiger partial charge on any atom is -0.337 e. The standard InChI is InChI=1S/C11H13N3S/c12-6-5-9-3-1-2-4-10(9)14-8-7-13-11(14)15/h1-4,7-8H,5-6,12H2,(H,13,15). The molecule has 0 amide bonds. The molecule has 0 atom stereocenters. The predicted molar refractivity (Wildman–Crippen MR) is 63.7 cm³/mol. The number of nitrogens with two attached hydrogens (primary N) is 1. The molecule has 0 saturated carbocycles. The second-order valence-electron chi connectivity index (χ2n) is 3.30. The Morgan fingerprint density at radius 2 is 2.13 bits per heavy atom. The van der Waals surface area contributed by atoms with Gasteiger partial charge in [0.15, 0.2) is 4.77 Å². The normalized spacial score (nSPS) is 10.5. The number of nitrogens with one attached hydrogen (secondary N) is 1. The van der Waals surface area contributed by atoms with E-state index in [1.165, 1.54) is 5.56 Å². The van der Waals surface area contributed by atoms with E-state index in [1.807, 2.05) is 29.1 Å². The molecule has 0 spiro atoms. The maximum Gasteiger partial charge on any atom is 0.181 e. The van der Waals surface area contributed by atoms with Crippen LogP contribution in [-0.4, -0.2) is 16.1 Å². The van der Waals surface area contributed by atoms with Gasteiger partial charge in [0.05, 0.1) is 5.69 Å². The zero-order valence-electron chi connectivity index (χ0n) is 8.31. The fraction of sp³-hybridized carbons (Fsp3) is 0.182. The molecule has 1 aromatic carbocycles. The third kappa shape index (κ3) is 2.00. The molecule has 0 bridgehead atoms. The van der Waals surface area contributed by atoms with E-state index < -0.39 is 0 Å². The fourth-order valence-corrected chi connectivity index (χ4v) is 1.85. The Bertz CT molecular complexity index is 498. The average Bonchev–Trinajstić information content (AvgIpc) is 2.66. The van der Waals surface area contributed by atoms with Crippen LogP contribution in [0.25, 0.3) is 5.69 Å². The molecule has 1 heterocycles. The summed E-state index contributed by atoms with van der Waals surface area (Å²) in [5, 5.41) is 0. The molecule has 2 rings (SSSR count). The molecule has 0 unspecified atom stereocenters. The van der Waals surface area contributed by atoms with Gasteiger partial charge in [-0.15, -0.1) is 0 Å². The smallest absolute Gasteiger partial charge is 0.181 e. The number of para-hydroxylation sites is 1. The molecule has 0 aliphatic heterocycles. The highest BCUT2D eigenvalue weighted by molar-refractivity contribution is 7.71. The molecule has 4 heteroatoms. The molecule has 0 fully saturated rings. The summed E-state index contributed by atoms with van der Waals surface area (Å²) in [5.74, 6) is 0. The van der Waals surface area contributed by atoms with Crippen molar-refractivity contribution >= 4 is 12.2 Å². The third-order valence-electron chi connectivity index (χ3n) is 2.31. The molecule has 0 saturated heterocycles. The van der Waals surface area contributed by atoms with Crippen LogP contribution < -0.4 is 5.73 Å². The fourth-order valence-electron chi connectivity index (χ4n) is 1.62. The Morgan fingerprint density at radius 3 is 2.80 bits per heavy atom. The number of aromatic amines is 1. The number of rotatable bonds is 3. The summed E-state index contributed by atoms with van der Waals surface area (Å²) >= 11 is 5.19. The van der Waals surface area contributed by atoms with Gasteiger partial charge in [0, 0.05) is 12.4 Å². The van der Waals surface area contributed by atoms with Gasteiger partial charge in [-0.2, -0.15) is 0 Å². The molecule has 3 nitrogen and oxygen atoms in total. The number of imidazole rings is 1. The Labute approximate surface area is 93.6 Å². The van der Waals surface area contributed by atoms with E-state index in [0.29, 0.717) is 11.3 Å². The molecule has 0 aliphatic carbocycles. The lowest BCUT2D eigenvalue weighted by molar-refractivity contribution is 0.929. The van der Waals surface area contributed by atoms with Crippen molar-refractivity contribution in [1.29, 1.82) is 0 Å². The second kappa shape index (κ2) is 4.42. The number of aromatic nitrogens is 2. The summed E-state index contributed by atoms with van der Waals surface area (Å²) in [5.41, 5.74) is 7.90. The first kappa shape index (κ1) is 10.1. The third-order valence-corrected chi connectivity index (χ3v) is 2.63. The highest BCUT2D eigenvalue weighted by Crippen LogP contribution is 2.14. The molecule has 0 radical (unpaired) electrons. The molecule has 15 heavy (non-hydrogen) atoms. The summed E-state index contributed by atoms with van der Waals surface area (Å²) in [6.07, 6.45) is 4.63. The second-order valence-corrected chi connectivity index (χ2v) is 3.69. The minimum absolute atomic E-state index is 0.648. The van der Waals surface area contributed by atoms with E-state index >= 15 is 0 Å². The number of nitrogens with zero attached hydrogens (tertiary/aromatic N) is 1. The molecule has 2 aromatic rings. The van der Waals surface area contributed by atoms with Crippen LogP contribution in [-0.2, 0) is 6.42 Å². The highest BCUT2D eigenvalue weighted by Gasteiger charge is 2.03. The quantitative estimate of drug-likeness (QED) is 0.776. The van der Waals surface area contributed by atoms with Crippen molar-refractivity contribution in [2.45, 2.75) is 6.42 Å². The Hall–Kier alpha value is -1.39. The van der Waals surface area contributed by atoms with Crippen molar-refractivity contribution in [1.82, 2.24) is 9.55 Å².